The summed E-state index contributed by atoms with van der Waals surface area (Å²) in [7, 11) is -4.41. The van der Waals surface area contributed by atoms with E-state index in [1.807, 2.05) is 4.72 Å². The van der Waals surface area contributed by atoms with Gasteiger partial charge < -0.3 is 5.11 Å². The predicted molar refractivity (Wildman–Crippen MR) is 67.6 cm³/mol. The molecule has 1 rings (SSSR count). The molecule has 0 spiro atoms. The Hall–Kier alpha value is -1.54. The lowest BCUT2D eigenvalue weighted by molar-refractivity contribution is -0.141. The first-order valence-corrected chi connectivity index (χ1v) is 7.13. The van der Waals surface area contributed by atoms with Crippen LogP contribution < -0.4 is 4.72 Å². The maximum absolute atomic E-state index is 13.5. The molecule has 1 unspecified atom stereocenters. The Bertz CT molecular complexity index is 623. The number of nitrogens with one attached hydrogen (secondary N) is 1. The van der Waals surface area contributed by atoms with Gasteiger partial charge in [0, 0.05) is 6.07 Å². The molecule has 0 aliphatic heterocycles. The molecule has 1 aromatic carbocycles. The van der Waals surface area contributed by atoms with Crippen LogP contribution in [0, 0.1) is 17.0 Å². The Morgan fingerprint density at radius 3 is 2.25 bits per heavy atom. The average Bonchev–Trinajstić information content (AvgIpc) is 2.23. The molecule has 8 heteroatoms. The molecule has 0 heterocycles. The van der Waals surface area contributed by atoms with Crippen molar-refractivity contribution in [2.75, 3.05) is 0 Å². The molecular formula is C12H15F2NO4S. The summed E-state index contributed by atoms with van der Waals surface area (Å²) in [5, 5.41) is 9.05. The third-order valence-corrected chi connectivity index (χ3v) is 4.03. The van der Waals surface area contributed by atoms with Gasteiger partial charge in [-0.25, -0.2) is 17.2 Å². The number of carboxylic acid groups (broad SMARTS) is 1. The van der Waals surface area contributed by atoms with Crippen molar-refractivity contribution < 1.29 is 27.1 Å². The number of hydrogen-bond donors (Lipinski definition) is 2. The lowest BCUT2D eigenvalue weighted by Crippen LogP contribution is -2.49. The van der Waals surface area contributed by atoms with Crippen LogP contribution in [0.1, 0.15) is 20.8 Å². The Balaban J connectivity index is 3.20. The summed E-state index contributed by atoms with van der Waals surface area (Å²) in [6.45, 7) is 4.57. The fraction of sp³-hybridized carbons (Fsp3) is 0.417. The van der Waals surface area contributed by atoms with Gasteiger partial charge in [-0.15, -0.1) is 0 Å². The van der Waals surface area contributed by atoms with Crippen molar-refractivity contribution in [2.45, 2.75) is 31.7 Å². The molecule has 20 heavy (non-hydrogen) atoms. The Morgan fingerprint density at radius 1 is 1.30 bits per heavy atom. The van der Waals surface area contributed by atoms with Gasteiger partial charge in [0.05, 0.1) is 0 Å². The number of sulfonamides is 1. The van der Waals surface area contributed by atoms with Gasteiger partial charge in [-0.1, -0.05) is 20.8 Å². The first kappa shape index (κ1) is 16.5. The van der Waals surface area contributed by atoms with E-state index in [9.17, 15) is 22.0 Å². The largest absolute Gasteiger partial charge is 0.480 e. The predicted octanol–water partition coefficient (Wildman–Crippen LogP) is 1.74. The summed E-state index contributed by atoms with van der Waals surface area (Å²) in [5.74, 6) is -3.59. The summed E-state index contributed by atoms with van der Waals surface area (Å²) in [5.41, 5.74) is -0.921. The minimum atomic E-state index is -4.41. The third kappa shape index (κ3) is 3.73. The van der Waals surface area contributed by atoms with Gasteiger partial charge in [0.1, 0.15) is 22.6 Å². The number of carboxylic acids is 1. The molecule has 0 amide bonds. The van der Waals surface area contributed by atoms with Crippen LogP contribution in [0.3, 0.4) is 0 Å². The molecule has 0 aromatic heterocycles. The first-order valence-electron chi connectivity index (χ1n) is 5.65. The van der Waals surface area contributed by atoms with Gasteiger partial charge in [0.25, 0.3) is 0 Å². The molecule has 2 N–H and O–H groups in total. The van der Waals surface area contributed by atoms with E-state index in [2.05, 4.69) is 0 Å². The molecule has 1 atom stereocenters. The molecular weight excluding hydrogens is 292 g/mol. The molecule has 1 aromatic rings. The standard InChI is InChI=1S/C12H15F2NO4S/c1-12(2,3)10(11(16)17)15-20(18,19)9-5-4-7(13)6-8(9)14/h4-6,10,15H,1-3H3,(H,16,17). The smallest absolute Gasteiger partial charge is 0.322 e. The molecule has 112 valence electrons. The zero-order valence-electron chi connectivity index (χ0n) is 11.1. The van der Waals surface area contributed by atoms with E-state index in [4.69, 9.17) is 5.11 Å². The number of benzene rings is 1. The second kappa shape index (κ2) is 5.45. The van der Waals surface area contributed by atoms with Crippen LogP contribution in [-0.4, -0.2) is 25.5 Å². The minimum absolute atomic E-state index is 0.418. The second-order valence-electron chi connectivity index (χ2n) is 5.33. The molecule has 0 radical (unpaired) electrons. The fourth-order valence-corrected chi connectivity index (χ4v) is 2.96. The number of carbonyl (C=O) groups is 1. The highest BCUT2D eigenvalue weighted by Gasteiger charge is 2.36. The van der Waals surface area contributed by atoms with Gasteiger partial charge in [-0.05, 0) is 17.5 Å². The summed E-state index contributed by atoms with van der Waals surface area (Å²) in [6, 6.07) is 0.498. The van der Waals surface area contributed by atoms with Gasteiger partial charge in [-0.3, -0.25) is 4.79 Å². The van der Waals surface area contributed by atoms with Crippen LogP contribution in [0.15, 0.2) is 23.1 Å². The number of halogens is 2. The molecule has 0 saturated carbocycles. The van der Waals surface area contributed by atoms with Crippen molar-refractivity contribution in [3.63, 3.8) is 0 Å². The van der Waals surface area contributed by atoms with Crippen LogP contribution in [0.2, 0.25) is 0 Å². The summed E-state index contributed by atoms with van der Waals surface area (Å²) < 4.78 is 52.2. The Labute approximate surface area is 115 Å². The first-order chi connectivity index (χ1) is 8.95. The number of aliphatic carboxylic acids is 1. The van der Waals surface area contributed by atoms with Crippen molar-refractivity contribution in [3.8, 4) is 0 Å². The maximum Gasteiger partial charge on any atom is 0.322 e. The molecule has 0 saturated heterocycles. The van der Waals surface area contributed by atoms with Crippen molar-refractivity contribution >= 4 is 16.0 Å². The zero-order valence-corrected chi connectivity index (χ0v) is 12.0. The molecule has 5 nitrogen and oxygen atoms in total. The lowest BCUT2D eigenvalue weighted by atomic mass is 9.88. The lowest BCUT2D eigenvalue weighted by Gasteiger charge is -2.27. The highest BCUT2D eigenvalue weighted by atomic mass is 32.2. The third-order valence-electron chi connectivity index (χ3n) is 2.57. The van der Waals surface area contributed by atoms with Crippen LogP contribution >= 0.6 is 0 Å². The van der Waals surface area contributed by atoms with Crippen molar-refractivity contribution in [2.24, 2.45) is 5.41 Å². The van der Waals surface area contributed by atoms with Gasteiger partial charge in [-0.2, -0.15) is 4.72 Å². The van der Waals surface area contributed by atoms with Crippen LogP contribution in [0.5, 0.6) is 0 Å². The van der Waals surface area contributed by atoms with E-state index in [0.717, 1.165) is 12.1 Å². The average molecular weight is 307 g/mol. The molecule has 0 aliphatic carbocycles. The summed E-state index contributed by atoms with van der Waals surface area (Å²) >= 11 is 0. The fourth-order valence-electron chi connectivity index (χ4n) is 1.51. The second-order valence-corrected chi connectivity index (χ2v) is 7.02. The van der Waals surface area contributed by atoms with Crippen molar-refractivity contribution in [3.05, 3.63) is 29.8 Å². The van der Waals surface area contributed by atoms with Crippen LogP contribution in [-0.2, 0) is 14.8 Å². The van der Waals surface area contributed by atoms with Gasteiger partial charge in [0.2, 0.25) is 10.0 Å². The molecule has 0 aliphatic rings. The summed E-state index contributed by atoms with van der Waals surface area (Å²) in [6.07, 6.45) is 0. The Kier molecular flexibility index (Phi) is 4.50. The van der Waals surface area contributed by atoms with E-state index < -0.39 is 44.0 Å². The van der Waals surface area contributed by atoms with Crippen LogP contribution in [0.25, 0.3) is 0 Å². The number of hydrogen-bond acceptors (Lipinski definition) is 3. The maximum atomic E-state index is 13.5. The molecule has 0 bridgehead atoms. The molecule has 0 fully saturated rings. The quantitative estimate of drug-likeness (QED) is 0.887. The van der Waals surface area contributed by atoms with E-state index >= 15 is 0 Å². The monoisotopic (exact) mass is 307 g/mol. The van der Waals surface area contributed by atoms with Crippen molar-refractivity contribution in [1.29, 1.82) is 0 Å². The van der Waals surface area contributed by atoms with E-state index in [1.54, 1.807) is 0 Å². The Morgan fingerprint density at radius 2 is 1.85 bits per heavy atom. The van der Waals surface area contributed by atoms with Crippen LogP contribution in [0.4, 0.5) is 8.78 Å². The summed E-state index contributed by atoms with van der Waals surface area (Å²) in [4.78, 5) is 10.3. The highest BCUT2D eigenvalue weighted by molar-refractivity contribution is 7.89. The van der Waals surface area contributed by atoms with E-state index in [1.165, 1.54) is 20.8 Å². The van der Waals surface area contributed by atoms with Gasteiger partial charge in [0.15, 0.2) is 0 Å². The van der Waals surface area contributed by atoms with E-state index in [-0.39, 0.29) is 0 Å². The van der Waals surface area contributed by atoms with Gasteiger partial charge >= 0.3 is 5.97 Å². The van der Waals surface area contributed by atoms with E-state index in [0.29, 0.717) is 6.07 Å². The normalized spacial score (nSPS) is 14.1. The van der Waals surface area contributed by atoms with Crippen molar-refractivity contribution in [1.82, 2.24) is 4.72 Å². The minimum Gasteiger partial charge on any atom is -0.480 e. The SMILES string of the molecule is CC(C)(C)C(NS(=O)(=O)c1ccc(F)cc1F)C(=O)O. The topological polar surface area (TPSA) is 83.5 Å². The zero-order chi connectivity index (χ0) is 15.7. The number of rotatable bonds is 4. The highest BCUT2D eigenvalue weighted by Crippen LogP contribution is 2.23.